The molecule has 18 heavy (non-hydrogen) atoms. The summed E-state index contributed by atoms with van der Waals surface area (Å²) in [6.45, 7) is 3.19. The Morgan fingerprint density at radius 1 is 1.39 bits per heavy atom. The average molecular weight is 279 g/mol. The van der Waals surface area contributed by atoms with Gasteiger partial charge in [0.1, 0.15) is 0 Å². The van der Waals surface area contributed by atoms with Crippen LogP contribution in [-0.4, -0.2) is 6.54 Å². The number of para-hydroxylation sites is 1. The summed E-state index contributed by atoms with van der Waals surface area (Å²) in [6.07, 6.45) is 1.07. The summed E-state index contributed by atoms with van der Waals surface area (Å²) in [5, 5.41) is 2.90. The predicted octanol–water partition coefficient (Wildman–Crippen LogP) is 4.11. The van der Waals surface area contributed by atoms with Crippen LogP contribution in [0.4, 0.5) is 11.4 Å². The zero-order valence-corrected chi connectivity index (χ0v) is 11.8. The lowest BCUT2D eigenvalue weighted by Gasteiger charge is -2.36. The summed E-state index contributed by atoms with van der Waals surface area (Å²) < 4.78 is 0. The van der Waals surface area contributed by atoms with Gasteiger partial charge in [0.05, 0.1) is 22.4 Å². The molecule has 0 spiro atoms. The Morgan fingerprint density at radius 2 is 2.22 bits per heavy atom. The third kappa shape index (κ3) is 1.78. The number of nitrogens with zero attached hydrogens (tertiary/aromatic N) is 1. The Bertz CT molecular complexity index is 559. The van der Waals surface area contributed by atoms with E-state index in [1.54, 1.807) is 0 Å². The SMILES string of the molecule is CC1c2ccsc2CCN1c1c(N)cccc1Cl. The van der Waals surface area contributed by atoms with E-state index in [4.69, 9.17) is 17.3 Å². The van der Waals surface area contributed by atoms with Crippen LogP contribution in [0, 0.1) is 0 Å². The van der Waals surface area contributed by atoms with Gasteiger partial charge >= 0.3 is 0 Å². The first kappa shape index (κ1) is 11.9. The van der Waals surface area contributed by atoms with Crippen LogP contribution in [0.2, 0.25) is 5.02 Å². The fraction of sp³-hybridized carbons (Fsp3) is 0.286. The van der Waals surface area contributed by atoms with E-state index >= 15 is 0 Å². The molecule has 1 atom stereocenters. The summed E-state index contributed by atoms with van der Waals surface area (Å²) in [6, 6.07) is 8.26. The summed E-state index contributed by atoms with van der Waals surface area (Å²) in [7, 11) is 0. The van der Waals surface area contributed by atoms with E-state index in [0.29, 0.717) is 6.04 Å². The van der Waals surface area contributed by atoms with Gasteiger partial charge in [-0.15, -0.1) is 11.3 Å². The maximum atomic E-state index is 6.31. The summed E-state index contributed by atoms with van der Waals surface area (Å²) in [5.41, 5.74) is 9.23. The number of anilines is 2. The van der Waals surface area contributed by atoms with Gasteiger partial charge < -0.3 is 10.6 Å². The van der Waals surface area contributed by atoms with Crippen molar-refractivity contribution in [2.75, 3.05) is 17.2 Å². The molecule has 0 bridgehead atoms. The molecule has 0 radical (unpaired) electrons. The van der Waals surface area contributed by atoms with Gasteiger partial charge in [-0.2, -0.15) is 0 Å². The predicted molar refractivity (Wildman–Crippen MR) is 79.6 cm³/mol. The van der Waals surface area contributed by atoms with Crippen LogP contribution in [-0.2, 0) is 6.42 Å². The normalized spacial score (nSPS) is 18.8. The van der Waals surface area contributed by atoms with Crippen molar-refractivity contribution in [3.63, 3.8) is 0 Å². The first-order chi connectivity index (χ1) is 8.68. The topological polar surface area (TPSA) is 29.3 Å². The van der Waals surface area contributed by atoms with E-state index < -0.39 is 0 Å². The average Bonchev–Trinajstić information content (AvgIpc) is 2.80. The lowest BCUT2D eigenvalue weighted by molar-refractivity contribution is 0.634. The van der Waals surface area contributed by atoms with Gasteiger partial charge in [-0.05, 0) is 42.5 Å². The van der Waals surface area contributed by atoms with Crippen LogP contribution < -0.4 is 10.6 Å². The second-order valence-corrected chi connectivity index (χ2v) is 6.00. The maximum Gasteiger partial charge on any atom is 0.0794 e. The Balaban J connectivity index is 2.04. The minimum absolute atomic E-state index is 0.335. The highest BCUT2D eigenvalue weighted by Crippen LogP contribution is 2.41. The monoisotopic (exact) mass is 278 g/mol. The molecule has 2 heterocycles. The third-order valence-corrected chi connectivity index (χ3v) is 4.88. The fourth-order valence-corrected chi connectivity index (χ4v) is 3.90. The Kier molecular flexibility index (Phi) is 2.96. The fourth-order valence-electron chi connectivity index (χ4n) is 2.65. The van der Waals surface area contributed by atoms with Crippen molar-refractivity contribution in [1.82, 2.24) is 0 Å². The molecule has 2 aromatic rings. The zero-order chi connectivity index (χ0) is 12.7. The van der Waals surface area contributed by atoms with Gasteiger partial charge in [0.2, 0.25) is 0 Å². The summed E-state index contributed by atoms with van der Waals surface area (Å²) >= 11 is 8.15. The smallest absolute Gasteiger partial charge is 0.0794 e. The molecule has 94 valence electrons. The van der Waals surface area contributed by atoms with E-state index in [0.717, 1.165) is 29.4 Å². The van der Waals surface area contributed by atoms with Crippen LogP contribution in [0.25, 0.3) is 0 Å². The number of halogens is 1. The van der Waals surface area contributed by atoms with Crippen LogP contribution in [0.1, 0.15) is 23.4 Å². The first-order valence-corrected chi connectivity index (χ1v) is 7.31. The van der Waals surface area contributed by atoms with Crippen molar-refractivity contribution in [3.05, 3.63) is 45.1 Å². The molecule has 4 heteroatoms. The van der Waals surface area contributed by atoms with E-state index in [1.807, 2.05) is 29.5 Å². The number of nitrogen functional groups attached to an aromatic ring is 1. The first-order valence-electron chi connectivity index (χ1n) is 6.05. The van der Waals surface area contributed by atoms with Gasteiger partial charge in [0, 0.05) is 11.4 Å². The molecule has 0 aliphatic carbocycles. The number of hydrogen-bond acceptors (Lipinski definition) is 3. The number of fused-ring (bicyclic) bond motifs is 1. The summed E-state index contributed by atoms with van der Waals surface area (Å²) in [4.78, 5) is 3.80. The van der Waals surface area contributed by atoms with Crippen molar-refractivity contribution in [2.45, 2.75) is 19.4 Å². The number of benzene rings is 1. The highest BCUT2D eigenvalue weighted by Gasteiger charge is 2.27. The molecule has 0 amide bonds. The Hall–Kier alpha value is -1.19. The maximum absolute atomic E-state index is 6.31. The molecular weight excluding hydrogens is 264 g/mol. The van der Waals surface area contributed by atoms with Gasteiger partial charge in [-0.25, -0.2) is 0 Å². The highest BCUT2D eigenvalue weighted by atomic mass is 35.5. The lowest BCUT2D eigenvalue weighted by Crippen LogP contribution is -2.33. The van der Waals surface area contributed by atoms with Crippen molar-refractivity contribution < 1.29 is 0 Å². The molecule has 0 saturated carbocycles. The van der Waals surface area contributed by atoms with Crippen LogP contribution in [0.5, 0.6) is 0 Å². The molecule has 1 aliphatic rings. The molecule has 1 unspecified atom stereocenters. The molecule has 3 rings (SSSR count). The third-order valence-electron chi connectivity index (χ3n) is 3.58. The zero-order valence-electron chi connectivity index (χ0n) is 10.2. The van der Waals surface area contributed by atoms with Crippen molar-refractivity contribution in [2.24, 2.45) is 0 Å². The van der Waals surface area contributed by atoms with E-state index in [2.05, 4.69) is 23.3 Å². The number of hydrogen-bond donors (Lipinski definition) is 1. The largest absolute Gasteiger partial charge is 0.397 e. The van der Waals surface area contributed by atoms with E-state index in [-0.39, 0.29) is 0 Å². The summed E-state index contributed by atoms with van der Waals surface area (Å²) in [5.74, 6) is 0. The molecule has 2 nitrogen and oxygen atoms in total. The molecule has 1 aliphatic heterocycles. The minimum Gasteiger partial charge on any atom is -0.397 e. The second-order valence-electron chi connectivity index (χ2n) is 4.60. The van der Waals surface area contributed by atoms with Gasteiger partial charge in [0.25, 0.3) is 0 Å². The minimum atomic E-state index is 0.335. The van der Waals surface area contributed by atoms with E-state index in [9.17, 15) is 0 Å². The van der Waals surface area contributed by atoms with Crippen LogP contribution in [0.3, 0.4) is 0 Å². The molecular formula is C14H15ClN2S. The number of rotatable bonds is 1. The van der Waals surface area contributed by atoms with Crippen LogP contribution in [0.15, 0.2) is 29.6 Å². The molecule has 1 aromatic heterocycles. The van der Waals surface area contributed by atoms with Gasteiger partial charge in [-0.1, -0.05) is 17.7 Å². The molecule has 1 aromatic carbocycles. The van der Waals surface area contributed by atoms with Crippen molar-refractivity contribution in [1.29, 1.82) is 0 Å². The quantitative estimate of drug-likeness (QED) is 0.796. The highest BCUT2D eigenvalue weighted by molar-refractivity contribution is 7.10. The molecule has 0 saturated heterocycles. The van der Waals surface area contributed by atoms with Crippen LogP contribution >= 0.6 is 22.9 Å². The van der Waals surface area contributed by atoms with Gasteiger partial charge in [-0.3, -0.25) is 0 Å². The standard InChI is InChI=1S/C14H15ClN2S/c1-9-10-6-8-18-13(10)5-7-17(9)14-11(15)3-2-4-12(14)16/h2-4,6,8-9H,5,7,16H2,1H3. The molecule has 0 fully saturated rings. The van der Waals surface area contributed by atoms with E-state index in [1.165, 1.54) is 10.4 Å². The van der Waals surface area contributed by atoms with Crippen molar-refractivity contribution in [3.8, 4) is 0 Å². The second kappa shape index (κ2) is 4.48. The Morgan fingerprint density at radius 3 is 3.00 bits per heavy atom. The number of nitrogens with two attached hydrogens (primary N) is 1. The van der Waals surface area contributed by atoms with Crippen molar-refractivity contribution >= 4 is 34.3 Å². The number of thiophene rings is 1. The van der Waals surface area contributed by atoms with Gasteiger partial charge in [0.15, 0.2) is 0 Å². The lowest BCUT2D eigenvalue weighted by atomic mass is 10.0. The Labute approximate surface area is 116 Å². The molecule has 2 N–H and O–H groups in total.